The largest absolute Gasteiger partial charge is 0.384 e. The summed E-state index contributed by atoms with van der Waals surface area (Å²) in [6.07, 6.45) is 1.76. The summed E-state index contributed by atoms with van der Waals surface area (Å²) in [6.45, 7) is 0. The number of nitro benzene ring substituents is 1. The maximum absolute atomic E-state index is 13.0. The fraction of sp³-hybridized carbons (Fsp3) is 0.200. The first-order chi connectivity index (χ1) is 13.9. The van der Waals surface area contributed by atoms with Gasteiger partial charge in [-0.05, 0) is 53.0 Å². The third-order valence-electron chi connectivity index (χ3n) is 5.11. The quantitative estimate of drug-likeness (QED) is 0.512. The molecule has 1 unspecified atom stereocenters. The molecule has 1 aliphatic carbocycles. The predicted molar refractivity (Wildman–Crippen MR) is 113 cm³/mol. The SMILES string of the molecule is N#CC1=C(N)N(c2ccc([N+](=O)[O-])cc2)C2=C(C(=O)CCC2)C1c1ccc(Br)s1. The minimum Gasteiger partial charge on any atom is -0.384 e. The number of non-ortho nitro benzene ring substituents is 1. The van der Waals surface area contributed by atoms with E-state index in [9.17, 15) is 20.2 Å². The first-order valence-electron chi connectivity index (χ1n) is 8.88. The monoisotopic (exact) mass is 470 g/mol. The second kappa shape index (κ2) is 7.46. The molecule has 0 fully saturated rings. The Morgan fingerprint density at radius 3 is 2.55 bits per heavy atom. The van der Waals surface area contributed by atoms with E-state index in [1.54, 1.807) is 17.0 Å². The Kier molecular flexibility index (Phi) is 4.98. The molecule has 2 aliphatic rings. The number of nitro groups is 1. The lowest BCUT2D eigenvalue weighted by atomic mass is 9.78. The van der Waals surface area contributed by atoms with Gasteiger partial charge in [0.05, 0.1) is 26.3 Å². The number of Topliss-reactive ketones (excluding diaryl/α,β-unsaturated/α-hetero) is 1. The van der Waals surface area contributed by atoms with Gasteiger partial charge in [-0.15, -0.1) is 11.3 Å². The normalized spacial score (nSPS) is 19.2. The molecular weight excluding hydrogens is 456 g/mol. The van der Waals surface area contributed by atoms with Gasteiger partial charge in [0, 0.05) is 40.4 Å². The number of halogens is 1. The molecule has 0 spiro atoms. The van der Waals surface area contributed by atoms with Crippen LogP contribution in [0, 0.1) is 21.4 Å². The molecule has 7 nitrogen and oxygen atoms in total. The highest BCUT2D eigenvalue weighted by Crippen LogP contribution is 2.48. The summed E-state index contributed by atoms with van der Waals surface area (Å²) in [4.78, 5) is 26.0. The lowest BCUT2D eigenvalue weighted by Gasteiger charge is -2.39. The van der Waals surface area contributed by atoms with Crippen molar-refractivity contribution in [1.82, 2.24) is 0 Å². The number of hydrogen-bond acceptors (Lipinski definition) is 7. The molecule has 9 heteroatoms. The van der Waals surface area contributed by atoms with Gasteiger partial charge in [-0.2, -0.15) is 5.26 Å². The smallest absolute Gasteiger partial charge is 0.269 e. The molecule has 4 rings (SSSR count). The number of carbonyl (C=O) groups is 1. The number of nitriles is 1. The number of nitrogens with two attached hydrogens (primary N) is 1. The van der Waals surface area contributed by atoms with Gasteiger partial charge in [-0.3, -0.25) is 19.8 Å². The zero-order valence-electron chi connectivity index (χ0n) is 15.1. The Morgan fingerprint density at radius 1 is 1.24 bits per heavy atom. The average molecular weight is 471 g/mol. The Morgan fingerprint density at radius 2 is 1.97 bits per heavy atom. The van der Waals surface area contributed by atoms with E-state index < -0.39 is 10.8 Å². The fourth-order valence-corrected chi connectivity index (χ4v) is 5.42. The molecule has 2 aromatic rings. The van der Waals surface area contributed by atoms with E-state index in [4.69, 9.17) is 5.73 Å². The number of allylic oxidation sites excluding steroid dienone is 3. The molecule has 1 aromatic heterocycles. The number of anilines is 1. The van der Waals surface area contributed by atoms with Crippen molar-refractivity contribution in [2.45, 2.75) is 25.2 Å². The van der Waals surface area contributed by atoms with Gasteiger partial charge in [0.25, 0.3) is 5.69 Å². The standard InChI is InChI=1S/C20H15BrN4O3S/c21-17-9-8-16(29-17)18-13(10-22)20(23)24(14-2-1-3-15(26)19(14)18)11-4-6-12(7-5-11)25(27)28/h4-9,18H,1-3,23H2. The van der Waals surface area contributed by atoms with Crippen LogP contribution in [0.1, 0.15) is 30.1 Å². The Hall–Kier alpha value is -2.96. The van der Waals surface area contributed by atoms with E-state index in [-0.39, 0.29) is 17.3 Å². The highest BCUT2D eigenvalue weighted by Gasteiger charge is 2.40. The third kappa shape index (κ3) is 3.24. The number of carbonyl (C=O) groups excluding carboxylic acids is 1. The summed E-state index contributed by atoms with van der Waals surface area (Å²) < 4.78 is 0.909. The van der Waals surface area contributed by atoms with E-state index in [0.717, 1.165) is 14.4 Å². The molecule has 1 atom stereocenters. The molecule has 146 valence electrons. The first kappa shape index (κ1) is 19.4. The van der Waals surface area contributed by atoms with Crippen molar-refractivity contribution in [3.8, 4) is 6.07 Å². The molecule has 29 heavy (non-hydrogen) atoms. The van der Waals surface area contributed by atoms with E-state index in [2.05, 4.69) is 22.0 Å². The average Bonchev–Trinajstić information content (AvgIpc) is 3.13. The molecule has 1 aliphatic heterocycles. The molecular formula is C20H15BrN4O3S. The summed E-state index contributed by atoms with van der Waals surface area (Å²) in [5.74, 6) is -0.231. The van der Waals surface area contributed by atoms with Crippen molar-refractivity contribution < 1.29 is 9.72 Å². The van der Waals surface area contributed by atoms with Crippen LogP contribution >= 0.6 is 27.3 Å². The van der Waals surface area contributed by atoms with Crippen LogP contribution in [0.25, 0.3) is 0 Å². The van der Waals surface area contributed by atoms with Crippen molar-refractivity contribution in [2.75, 3.05) is 4.90 Å². The maximum Gasteiger partial charge on any atom is 0.269 e. The minimum atomic E-state index is -0.492. The van der Waals surface area contributed by atoms with Crippen molar-refractivity contribution in [3.05, 3.63) is 77.8 Å². The number of benzene rings is 1. The predicted octanol–water partition coefficient (Wildman–Crippen LogP) is 4.72. The Balaban J connectivity index is 1.92. The number of rotatable bonds is 3. The molecule has 0 bridgehead atoms. The summed E-state index contributed by atoms with van der Waals surface area (Å²) in [5, 5.41) is 20.9. The van der Waals surface area contributed by atoms with Crippen molar-refractivity contribution in [2.24, 2.45) is 5.73 Å². The van der Waals surface area contributed by atoms with Gasteiger partial charge < -0.3 is 5.73 Å². The second-order valence-corrected chi connectivity index (χ2v) is 9.23. The van der Waals surface area contributed by atoms with E-state index in [0.29, 0.717) is 36.1 Å². The fourth-order valence-electron chi connectivity index (χ4n) is 3.87. The third-order valence-corrected chi connectivity index (χ3v) is 6.80. The zero-order chi connectivity index (χ0) is 20.7. The zero-order valence-corrected chi connectivity index (χ0v) is 17.5. The highest BCUT2D eigenvalue weighted by molar-refractivity contribution is 9.11. The minimum absolute atomic E-state index is 0.00735. The van der Waals surface area contributed by atoms with Crippen molar-refractivity contribution in [1.29, 1.82) is 5.26 Å². The van der Waals surface area contributed by atoms with Gasteiger partial charge in [-0.25, -0.2) is 0 Å². The summed E-state index contributed by atoms with van der Waals surface area (Å²) >= 11 is 4.92. The van der Waals surface area contributed by atoms with Crippen LogP contribution in [0.15, 0.2) is 62.8 Å². The van der Waals surface area contributed by atoms with Crippen LogP contribution in [0.5, 0.6) is 0 Å². The van der Waals surface area contributed by atoms with Crippen LogP contribution < -0.4 is 10.6 Å². The van der Waals surface area contributed by atoms with Gasteiger partial charge in [0.15, 0.2) is 5.78 Å². The summed E-state index contributed by atoms with van der Waals surface area (Å²) in [7, 11) is 0. The number of nitrogens with zero attached hydrogens (tertiary/aromatic N) is 3. The van der Waals surface area contributed by atoms with Gasteiger partial charge in [0.1, 0.15) is 5.82 Å². The summed E-state index contributed by atoms with van der Waals surface area (Å²) in [5.41, 5.74) is 8.67. The topological polar surface area (TPSA) is 113 Å². The van der Waals surface area contributed by atoms with E-state index >= 15 is 0 Å². The molecule has 0 amide bonds. The van der Waals surface area contributed by atoms with Crippen molar-refractivity contribution >= 4 is 44.4 Å². The van der Waals surface area contributed by atoms with Gasteiger partial charge >= 0.3 is 0 Å². The molecule has 2 heterocycles. The van der Waals surface area contributed by atoms with E-state index in [1.807, 2.05) is 12.1 Å². The first-order valence-corrected chi connectivity index (χ1v) is 10.5. The second-order valence-electron chi connectivity index (χ2n) is 6.73. The molecule has 0 saturated heterocycles. The summed E-state index contributed by atoms with van der Waals surface area (Å²) in [6, 6.07) is 12.0. The van der Waals surface area contributed by atoms with Gasteiger partial charge in [-0.1, -0.05) is 0 Å². The Labute approximate surface area is 179 Å². The molecule has 2 N–H and O–H groups in total. The Bertz CT molecular complexity index is 1130. The van der Waals surface area contributed by atoms with Crippen LogP contribution in [-0.4, -0.2) is 10.7 Å². The number of hydrogen-bond donors (Lipinski definition) is 1. The highest BCUT2D eigenvalue weighted by atomic mass is 79.9. The van der Waals surface area contributed by atoms with Crippen LogP contribution in [0.2, 0.25) is 0 Å². The molecule has 0 radical (unpaired) electrons. The number of thiophene rings is 1. The number of ketones is 1. The van der Waals surface area contributed by atoms with Crippen molar-refractivity contribution in [3.63, 3.8) is 0 Å². The maximum atomic E-state index is 13.0. The molecule has 0 saturated carbocycles. The van der Waals surface area contributed by atoms with Crippen LogP contribution in [0.3, 0.4) is 0 Å². The van der Waals surface area contributed by atoms with Crippen LogP contribution in [-0.2, 0) is 4.79 Å². The lowest BCUT2D eigenvalue weighted by Crippen LogP contribution is -2.38. The lowest BCUT2D eigenvalue weighted by molar-refractivity contribution is -0.384. The molecule has 1 aromatic carbocycles. The van der Waals surface area contributed by atoms with Gasteiger partial charge in [0.2, 0.25) is 0 Å². The van der Waals surface area contributed by atoms with E-state index in [1.165, 1.54) is 23.5 Å². The van der Waals surface area contributed by atoms with Crippen LogP contribution in [0.4, 0.5) is 11.4 Å².